The number of hydrogen-bond donors (Lipinski definition) is 0. The summed E-state index contributed by atoms with van der Waals surface area (Å²) in [6, 6.07) is 15.3. The highest BCUT2D eigenvalue weighted by molar-refractivity contribution is 7.54. The van der Waals surface area contributed by atoms with Gasteiger partial charge in [0, 0.05) is 6.54 Å². The van der Waals surface area contributed by atoms with Crippen LogP contribution in [0.4, 0.5) is 0 Å². The van der Waals surface area contributed by atoms with Gasteiger partial charge in [0.2, 0.25) is 20.0 Å². The molecule has 2 aromatic rings. The molecule has 1 unspecified atom stereocenters. The van der Waals surface area contributed by atoms with Crippen LogP contribution in [-0.2, 0) is 55.3 Å². The Balaban J connectivity index is 2.34. The van der Waals surface area contributed by atoms with E-state index in [0.29, 0.717) is 6.41 Å². The molecule has 0 saturated carbocycles. The summed E-state index contributed by atoms with van der Waals surface area (Å²) in [5.41, 5.74) is 1.31. The van der Waals surface area contributed by atoms with Crippen LogP contribution in [-0.4, -0.2) is 49.2 Å². The first-order chi connectivity index (χ1) is 20.0. The number of ether oxygens (including phenoxy) is 2. The largest absolute Gasteiger partial charge is 0.438 e. The maximum atomic E-state index is 14.5. The highest BCUT2D eigenvalue weighted by Crippen LogP contribution is 2.55. The van der Waals surface area contributed by atoms with E-state index in [2.05, 4.69) is 0 Å². The molecule has 0 spiro atoms. The van der Waals surface area contributed by atoms with E-state index in [1.165, 1.54) is 0 Å². The summed E-state index contributed by atoms with van der Waals surface area (Å²) in [6.07, 6.45) is 0.940. The van der Waals surface area contributed by atoms with Gasteiger partial charge in [-0.1, -0.05) is 54.1 Å². The summed E-state index contributed by atoms with van der Waals surface area (Å²) in [4.78, 5) is 42.3. The van der Waals surface area contributed by atoms with Gasteiger partial charge in [-0.2, -0.15) is 0 Å². The number of esters is 2. The Morgan fingerprint density at radius 2 is 1.44 bits per heavy atom. The first kappa shape index (κ1) is 36.2. The molecule has 1 atom stereocenters. The zero-order valence-electron chi connectivity index (χ0n) is 26.6. The van der Waals surface area contributed by atoms with Crippen molar-refractivity contribution >= 4 is 25.9 Å². The first-order valence-corrected chi connectivity index (χ1v) is 15.8. The number of carbonyl (C=O) groups excluding carboxylic acids is 3. The Labute approximate surface area is 255 Å². The monoisotopic (exact) mass is 619 g/mol. The zero-order valence-corrected chi connectivity index (χ0v) is 27.5. The van der Waals surface area contributed by atoms with Crippen LogP contribution in [0.1, 0.15) is 70.2 Å². The van der Waals surface area contributed by atoms with E-state index in [-0.39, 0.29) is 26.0 Å². The summed E-state index contributed by atoms with van der Waals surface area (Å²) < 4.78 is 36.4. The molecule has 11 heteroatoms. The Morgan fingerprint density at radius 3 is 1.95 bits per heavy atom. The minimum atomic E-state index is -4.14. The van der Waals surface area contributed by atoms with Crippen LogP contribution in [0.2, 0.25) is 0 Å². The molecule has 238 valence electrons. The van der Waals surface area contributed by atoms with E-state index in [0.717, 1.165) is 27.3 Å². The molecule has 0 saturated heterocycles. The van der Waals surface area contributed by atoms with Crippen molar-refractivity contribution in [2.45, 2.75) is 80.5 Å². The molecule has 0 N–H and O–H groups in total. The van der Waals surface area contributed by atoms with Gasteiger partial charge in [0.25, 0.3) is 0 Å². The van der Waals surface area contributed by atoms with E-state index >= 15 is 0 Å². The summed E-state index contributed by atoms with van der Waals surface area (Å²) >= 11 is 0. The Hall–Kier alpha value is -3.04. The molecule has 0 aliphatic heterocycles. The van der Waals surface area contributed by atoms with Gasteiger partial charge in [-0.05, 0) is 84.9 Å². The lowest BCUT2D eigenvalue weighted by Gasteiger charge is -2.29. The molecule has 0 aromatic heterocycles. The second-order valence-electron chi connectivity index (χ2n) is 12.5. The molecule has 0 bridgehead atoms. The average Bonchev–Trinajstić information content (AvgIpc) is 2.93. The van der Waals surface area contributed by atoms with Crippen molar-refractivity contribution in [1.29, 1.82) is 0 Å². The number of benzene rings is 2. The molecule has 1 amide bonds. The number of amides is 1. The SMILES string of the molecule is Cc1ccc(C)c(CC(CCN(C=O)OCc2ccccc2)P(=O)(OCOC(=O)C(C)(C)C)OCOC(=O)C(C)(C)C)c1. The number of hydrogen-bond acceptors (Lipinski definition) is 9. The van der Waals surface area contributed by atoms with Gasteiger partial charge in [0.15, 0.2) is 0 Å². The van der Waals surface area contributed by atoms with Gasteiger partial charge >= 0.3 is 19.5 Å². The van der Waals surface area contributed by atoms with Gasteiger partial charge < -0.3 is 9.47 Å². The predicted octanol–water partition coefficient (Wildman–Crippen LogP) is 6.51. The van der Waals surface area contributed by atoms with Crippen molar-refractivity contribution in [3.05, 3.63) is 70.8 Å². The lowest BCUT2D eigenvalue weighted by Crippen LogP contribution is -2.29. The minimum Gasteiger partial charge on any atom is -0.438 e. The van der Waals surface area contributed by atoms with Crippen molar-refractivity contribution in [3.8, 4) is 0 Å². The first-order valence-electron chi connectivity index (χ1n) is 14.2. The molecule has 2 aromatic carbocycles. The van der Waals surface area contributed by atoms with Crippen LogP contribution < -0.4 is 0 Å². The van der Waals surface area contributed by atoms with Gasteiger partial charge in [-0.3, -0.25) is 32.8 Å². The number of aryl methyl sites for hydroxylation is 2. The lowest BCUT2D eigenvalue weighted by molar-refractivity contribution is -0.177. The van der Waals surface area contributed by atoms with Crippen LogP contribution in [0, 0.1) is 24.7 Å². The number of hydroxylamine groups is 2. The molecular formula is C32H46NO9P. The Bertz CT molecular complexity index is 1220. The molecule has 0 fully saturated rings. The van der Waals surface area contributed by atoms with E-state index < -0.39 is 49.6 Å². The van der Waals surface area contributed by atoms with Crippen LogP contribution in [0.25, 0.3) is 0 Å². The van der Waals surface area contributed by atoms with Crippen LogP contribution in [0.5, 0.6) is 0 Å². The van der Waals surface area contributed by atoms with Gasteiger partial charge in [0.1, 0.15) is 6.61 Å². The maximum Gasteiger partial charge on any atom is 0.339 e. The van der Waals surface area contributed by atoms with Gasteiger partial charge in [-0.15, -0.1) is 0 Å². The van der Waals surface area contributed by atoms with E-state index in [9.17, 15) is 18.9 Å². The van der Waals surface area contributed by atoms with Gasteiger partial charge in [-0.25, -0.2) is 5.06 Å². The molecule has 0 heterocycles. The molecular weight excluding hydrogens is 573 g/mol. The van der Waals surface area contributed by atoms with E-state index in [1.54, 1.807) is 41.5 Å². The van der Waals surface area contributed by atoms with Gasteiger partial charge in [0.05, 0.1) is 16.5 Å². The third-order valence-electron chi connectivity index (χ3n) is 6.52. The molecule has 10 nitrogen and oxygen atoms in total. The quantitative estimate of drug-likeness (QED) is 0.0681. The van der Waals surface area contributed by atoms with Crippen molar-refractivity contribution in [2.75, 3.05) is 20.1 Å². The van der Waals surface area contributed by atoms with E-state index in [4.69, 9.17) is 23.4 Å². The van der Waals surface area contributed by atoms with Crippen molar-refractivity contribution in [2.24, 2.45) is 10.8 Å². The molecule has 43 heavy (non-hydrogen) atoms. The fraction of sp³-hybridized carbons (Fsp3) is 0.531. The average molecular weight is 620 g/mol. The number of nitrogens with zero attached hydrogens (tertiary/aromatic N) is 1. The van der Waals surface area contributed by atoms with Crippen molar-refractivity contribution in [1.82, 2.24) is 5.06 Å². The molecule has 0 aliphatic carbocycles. The highest BCUT2D eigenvalue weighted by Gasteiger charge is 2.39. The zero-order chi connectivity index (χ0) is 32.3. The second-order valence-corrected chi connectivity index (χ2v) is 14.8. The Morgan fingerprint density at radius 1 is 0.884 bits per heavy atom. The third kappa shape index (κ3) is 12.2. The lowest BCUT2D eigenvalue weighted by atomic mass is 9.98. The molecule has 0 aliphatic rings. The fourth-order valence-corrected chi connectivity index (χ4v) is 5.54. The van der Waals surface area contributed by atoms with Crippen molar-refractivity contribution < 1.29 is 42.3 Å². The molecule has 0 radical (unpaired) electrons. The fourth-order valence-electron chi connectivity index (χ4n) is 3.79. The van der Waals surface area contributed by atoms with Crippen LogP contribution in [0.3, 0.4) is 0 Å². The highest BCUT2D eigenvalue weighted by atomic mass is 31.2. The Kier molecular flexibility index (Phi) is 13.6. The number of carbonyl (C=O) groups is 3. The standard InChI is InChI=1S/C32H46NO9P/c1-24-14-15-25(2)27(18-24)19-28(16-17-33(21-34)40-20-26-12-10-9-11-13-26)43(37,41-22-38-29(35)31(3,4)5)42-23-39-30(36)32(6,7)8/h9-15,18,21,28H,16-17,19-20,22-23H2,1-8H3. The normalized spacial score (nSPS) is 12.8. The summed E-state index contributed by atoms with van der Waals surface area (Å²) in [6.45, 7) is 13.0. The predicted molar refractivity (Wildman–Crippen MR) is 163 cm³/mol. The summed E-state index contributed by atoms with van der Waals surface area (Å²) in [5.74, 6) is -1.10. The maximum absolute atomic E-state index is 14.5. The summed E-state index contributed by atoms with van der Waals surface area (Å²) in [7, 11) is -4.14. The summed E-state index contributed by atoms with van der Waals surface area (Å²) in [5, 5.41) is 1.13. The number of rotatable bonds is 16. The molecule has 2 rings (SSSR count). The minimum absolute atomic E-state index is 0.0616. The topological polar surface area (TPSA) is 118 Å². The second kappa shape index (κ2) is 16.1. The van der Waals surface area contributed by atoms with Crippen LogP contribution >= 0.6 is 7.60 Å². The smallest absolute Gasteiger partial charge is 0.339 e. The third-order valence-corrected chi connectivity index (χ3v) is 8.78. The van der Waals surface area contributed by atoms with Crippen molar-refractivity contribution in [3.63, 3.8) is 0 Å². The van der Waals surface area contributed by atoms with E-state index in [1.807, 2.05) is 62.4 Å². The van der Waals surface area contributed by atoms with Crippen LogP contribution in [0.15, 0.2) is 48.5 Å².